The molecular formula is C23H22N2O3. The highest BCUT2D eigenvalue weighted by molar-refractivity contribution is 6.13. The molecule has 1 aliphatic carbocycles. The van der Waals surface area contributed by atoms with Crippen LogP contribution in [0.5, 0.6) is 0 Å². The van der Waals surface area contributed by atoms with Crippen molar-refractivity contribution in [1.29, 1.82) is 0 Å². The first-order valence-corrected chi connectivity index (χ1v) is 9.19. The van der Waals surface area contributed by atoms with Crippen LogP contribution in [0.15, 0.2) is 59.7 Å². The molecule has 5 nitrogen and oxygen atoms in total. The number of hydrogen-bond acceptors (Lipinski definition) is 3. The van der Waals surface area contributed by atoms with Gasteiger partial charge in [-0.1, -0.05) is 24.3 Å². The van der Waals surface area contributed by atoms with Gasteiger partial charge in [-0.2, -0.15) is 0 Å². The summed E-state index contributed by atoms with van der Waals surface area (Å²) in [5.41, 5.74) is 14.6. The number of carbonyl (C=O) groups is 3. The monoisotopic (exact) mass is 374 g/mol. The minimum atomic E-state index is -0.475. The van der Waals surface area contributed by atoms with E-state index in [1.54, 1.807) is 48.5 Å². The number of nitrogens with two attached hydrogens (primary N) is 2. The van der Waals surface area contributed by atoms with Crippen LogP contribution in [-0.2, 0) is 4.79 Å². The molecular weight excluding hydrogens is 352 g/mol. The van der Waals surface area contributed by atoms with Gasteiger partial charge in [0.05, 0.1) is 0 Å². The predicted octanol–water partition coefficient (Wildman–Crippen LogP) is 3.49. The van der Waals surface area contributed by atoms with Crippen LogP contribution in [0, 0.1) is 0 Å². The van der Waals surface area contributed by atoms with Crippen LogP contribution in [0.25, 0.3) is 12.2 Å². The number of rotatable bonds is 4. The Kier molecular flexibility index (Phi) is 5.84. The number of amides is 2. The molecule has 2 aromatic rings. The quantitative estimate of drug-likeness (QED) is 0.632. The lowest BCUT2D eigenvalue weighted by Crippen LogP contribution is -2.10. The van der Waals surface area contributed by atoms with E-state index in [0.717, 1.165) is 35.1 Å². The van der Waals surface area contributed by atoms with Crippen molar-refractivity contribution in [3.63, 3.8) is 0 Å². The van der Waals surface area contributed by atoms with E-state index < -0.39 is 11.8 Å². The Morgan fingerprint density at radius 1 is 0.679 bits per heavy atom. The van der Waals surface area contributed by atoms with Crippen molar-refractivity contribution in [2.24, 2.45) is 11.5 Å². The summed E-state index contributed by atoms with van der Waals surface area (Å²) in [5.74, 6) is -0.912. The minimum absolute atomic E-state index is 0.0375. The number of allylic oxidation sites excluding steroid dienone is 2. The van der Waals surface area contributed by atoms with Gasteiger partial charge in [0.15, 0.2) is 5.78 Å². The first-order valence-electron chi connectivity index (χ1n) is 9.19. The standard InChI is InChI=1S/C23H22N2O3/c24-22(27)17-9-5-15(6-10-17)13-19-3-1-2-4-20(21(19)26)14-16-7-11-18(12-8-16)23(25)28/h5-14H,1-4H2,(H2,24,27)(H2,25,28)/b19-13-,20-14?. The van der Waals surface area contributed by atoms with Gasteiger partial charge in [0.25, 0.3) is 0 Å². The van der Waals surface area contributed by atoms with Crippen LogP contribution in [0.1, 0.15) is 57.5 Å². The predicted molar refractivity (Wildman–Crippen MR) is 109 cm³/mol. The highest BCUT2D eigenvalue weighted by atomic mass is 16.1. The Morgan fingerprint density at radius 2 is 1.04 bits per heavy atom. The molecule has 0 aromatic heterocycles. The number of benzene rings is 2. The number of hydrogen-bond donors (Lipinski definition) is 2. The minimum Gasteiger partial charge on any atom is -0.366 e. The van der Waals surface area contributed by atoms with Gasteiger partial charge in [-0.3, -0.25) is 14.4 Å². The molecule has 1 aliphatic rings. The Hall–Kier alpha value is -3.47. The Bertz CT molecular complexity index is 888. The molecule has 1 saturated carbocycles. The van der Waals surface area contributed by atoms with E-state index in [1.807, 2.05) is 12.2 Å². The molecule has 28 heavy (non-hydrogen) atoms. The zero-order chi connectivity index (χ0) is 20.1. The van der Waals surface area contributed by atoms with Crippen LogP contribution >= 0.6 is 0 Å². The maximum atomic E-state index is 13.0. The molecule has 0 heterocycles. The van der Waals surface area contributed by atoms with Crippen molar-refractivity contribution in [3.05, 3.63) is 81.9 Å². The molecule has 2 aromatic carbocycles. The van der Waals surface area contributed by atoms with Gasteiger partial charge < -0.3 is 11.5 Å². The number of Topliss-reactive ketones (excluding diaryl/α,β-unsaturated/α-hetero) is 1. The van der Waals surface area contributed by atoms with Gasteiger partial charge in [-0.25, -0.2) is 0 Å². The Balaban J connectivity index is 1.86. The largest absolute Gasteiger partial charge is 0.366 e. The van der Waals surface area contributed by atoms with E-state index in [4.69, 9.17) is 11.5 Å². The van der Waals surface area contributed by atoms with Gasteiger partial charge in [0.1, 0.15) is 0 Å². The summed E-state index contributed by atoms with van der Waals surface area (Å²) in [4.78, 5) is 35.4. The van der Waals surface area contributed by atoms with Crippen molar-refractivity contribution in [3.8, 4) is 0 Å². The van der Waals surface area contributed by atoms with E-state index >= 15 is 0 Å². The molecule has 0 spiro atoms. The lowest BCUT2D eigenvalue weighted by molar-refractivity contribution is -0.112. The number of primary amides is 2. The van der Waals surface area contributed by atoms with Crippen LogP contribution in [-0.4, -0.2) is 17.6 Å². The molecule has 0 unspecified atom stereocenters. The van der Waals surface area contributed by atoms with Gasteiger partial charge >= 0.3 is 0 Å². The molecule has 0 saturated heterocycles. The second kappa shape index (κ2) is 8.48. The third-order valence-corrected chi connectivity index (χ3v) is 4.80. The fraction of sp³-hybridized carbons (Fsp3) is 0.174. The van der Waals surface area contributed by atoms with Gasteiger partial charge in [-0.15, -0.1) is 0 Å². The van der Waals surface area contributed by atoms with Gasteiger partial charge in [0, 0.05) is 22.3 Å². The molecule has 5 heteroatoms. The SMILES string of the molecule is NC(=O)c1ccc(C=C2CCCC/C(=C/c3ccc(C(N)=O)cc3)C2=O)cc1. The molecule has 3 rings (SSSR count). The molecule has 0 atom stereocenters. The highest BCUT2D eigenvalue weighted by Crippen LogP contribution is 2.27. The molecule has 1 fully saturated rings. The van der Waals surface area contributed by atoms with Crippen molar-refractivity contribution in [1.82, 2.24) is 0 Å². The van der Waals surface area contributed by atoms with Gasteiger partial charge in [-0.05, 0) is 73.2 Å². The lowest BCUT2D eigenvalue weighted by atomic mass is 9.97. The van der Waals surface area contributed by atoms with E-state index in [2.05, 4.69) is 0 Å². The summed E-state index contributed by atoms with van der Waals surface area (Å²) in [6.07, 6.45) is 7.07. The molecule has 0 bridgehead atoms. The van der Waals surface area contributed by atoms with Crippen LogP contribution < -0.4 is 11.5 Å². The summed E-state index contributed by atoms with van der Waals surface area (Å²) < 4.78 is 0. The molecule has 0 aliphatic heterocycles. The van der Waals surface area contributed by atoms with Crippen molar-refractivity contribution < 1.29 is 14.4 Å². The van der Waals surface area contributed by atoms with Crippen molar-refractivity contribution >= 4 is 29.7 Å². The van der Waals surface area contributed by atoms with Crippen molar-refractivity contribution in [2.45, 2.75) is 25.7 Å². The lowest BCUT2D eigenvalue weighted by Gasteiger charge is -2.06. The van der Waals surface area contributed by atoms with Crippen LogP contribution in [0.3, 0.4) is 0 Å². The summed E-state index contributed by atoms with van der Waals surface area (Å²) in [6.45, 7) is 0. The number of ketones is 1. The summed E-state index contributed by atoms with van der Waals surface area (Å²) in [6, 6.07) is 13.8. The molecule has 142 valence electrons. The van der Waals surface area contributed by atoms with E-state index in [9.17, 15) is 14.4 Å². The Labute approximate surface area is 163 Å². The third-order valence-electron chi connectivity index (χ3n) is 4.80. The van der Waals surface area contributed by atoms with Crippen molar-refractivity contribution in [2.75, 3.05) is 0 Å². The zero-order valence-electron chi connectivity index (χ0n) is 15.5. The second-order valence-electron chi connectivity index (χ2n) is 6.85. The maximum absolute atomic E-state index is 13.0. The Morgan fingerprint density at radius 3 is 1.36 bits per heavy atom. The molecule has 0 radical (unpaired) electrons. The average molecular weight is 374 g/mol. The highest BCUT2D eigenvalue weighted by Gasteiger charge is 2.19. The van der Waals surface area contributed by atoms with Gasteiger partial charge in [0.2, 0.25) is 11.8 Å². The first-order chi connectivity index (χ1) is 13.4. The molecule has 2 amide bonds. The van der Waals surface area contributed by atoms with E-state index in [-0.39, 0.29) is 5.78 Å². The summed E-state index contributed by atoms with van der Waals surface area (Å²) >= 11 is 0. The maximum Gasteiger partial charge on any atom is 0.248 e. The molecule has 4 N–H and O–H groups in total. The number of carbonyl (C=O) groups excluding carboxylic acids is 3. The van der Waals surface area contributed by atoms with E-state index in [0.29, 0.717) is 24.0 Å². The zero-order valence-corrected chi connectivity index (χ0v) is 15.5. The first kappa shape index (κ1) is 19.3. The average Bonchev–Trinajstić information content (AvgIpc) is 2.85. The fourth-order valence-corrected chi connectivity index (χ4v) is 3.23. The smallest absolute Gasteiger partial charge is 0.248 e. The fourth-order valence-electron chi connectivity index (χ4n) is 3.23. The normalized spacial score (nSPS) is 17.5. The van der Waals surface area contributed by atoms with E-state index in [1.165, 1.54) is 0 Å². The third kappa shape index (κ3) is 4.62. The van der Waals surface area contributed by atoms with Crippen LogP contribution in [0.2, 0.25) is 0 Å². The topological polar surface area (TPSA) is 103 Å². The summed E-state index contributed by atoms with van der Waals surface area (Å²) in [5, 5.41) is 0. The summed E-state index contributed by atoms with van der Waals surface area (Å²) in [7, 11) is 0. The van der Waals surface area contributed by atoms with Crippen LogP contribution in [0.4, 0.5) is 0 Å². The second-order valence-corrected chi connectivity index (χ2v) is 6.85.